The summed E-state index contributed by atoms with van der Waals surface area (Å²) in [6.45, 7) is 15.4. The van der Waals surface area contributed by atoms with Crippen LogP contribution >= 0.6 is 8.58 Å². The van der Waals surface area contributed by atoms with Crippen LogP contribution < -0.4 is 5.30 Å². The molecule has 3 aromatic rings. The molecule has 0 spiro atoms. The van der Waals surface area contributed by atoms with E-state index in [2.05, 4.69) is 71.9 Å². The van der Waals surface area contributed by atoms with E-state index in [0.29, 0.717) is 14.3 Å². The maximum Gasteiger partial charge on any atom is 0.122 e. The minimum atomic E-state index is -0.157. The van der Waals surface area contributed by atoms with Gasteiger partial charge in [0.25, 0.3) is 0 Å². The lowest BCUT2D eigenvalue weighted by Crippen LogP contribution is -2.23. The molecule has 0 amide bonds. The first-order valence-corrected chi connectivity index (χ1v) is 12.9. The molecule has 0 heterocycles. The fourth-order valence-corrected chi connectivity index (χ4v) is 6.00. The van der Waals surface area contributed by atoms with Gasteiger partial charge in [-0.1, -0.05) is 97.6 Å². The predicted octanol–water partition coefficient (Wildman–Crippen LogP) is 8.08. The molecular formula is C30H38NOP. The molecule has 0 bridgehead atoms. The highest BCUT2D eigenvalue weighted by atomic mass is 31.1. The van der Waals surface area contributed by atoms with Crippen LogP contribution in [0.15, 0.2) is 65.7 Å². The molecule has 33 heavy (non-hydrogen) atoms. The van der Waals surface area contributed by atoms with Gasteiger partial charge in [-0.05, 0) is 60.3 Å². The predicted molar refractivity (Wildman–Crippen MR) is 147 cm³/mol. The molecule has 3 aromatic carbocycles. The fraction of sp³-hybridized carbons (Fsp3) is 0.367. The van der Waals surface area contributed by atoms with Crippen LogP contribution in [0.5, 0.6) is 5.75 Å². The maximum atomic E-state index is 11.2. The smallest absolute Gasteiger partial charge is 0.122 e. The monoisotopic (exact) mass is 459 g/mol. The topological polar surface area (TPSA) is 32.6 Å². The third-order valence-corrected chi connectivity index (χ3v) is 8.03. The average molecular weight is 460 g/mol. The summed E-state index contributed by atoms with van der Waals surface area (Å²) in [6, 6.07) is 21.1. The standard InChI is InChI=1S/C30H38NOP/c1-8-16-30(7,26-19-24(29(4,5)6)18-22(3)28(26)32)33-27-15-14-21(2)17-23(27)20-31-25-12-10-9-11-13-25/h9-15,17-20,32-33H,8,16H2,1-7H3. The number of phenolic OH excluding ortho intramolecular Hbond substituents is 1. The second kappa shape index (κ2) is 10.2. The van der Waals surface area contributed by atoms with Gasteiger partial charge in [0, 0.05) is 22.5 Å². The van der Waals surface area contributed by atoms with E-state index in [9.17, 15) is 5.11 Å². The van der Waals surface area contributed by atoms with E-state index in [1.165, 1.54) is 16.4 Å². The van der Waals surface area contributed by atoms with Gasteiger partial charge >= 0.3 is 0 Å². The number of rotatable bonds is 7. The quantitative estimate of drug-likeness (QED) is 0.281. The lowest BCUT2D eigenvalue weighted by Gasteiger charge is -2.34. The third-order valence-electron chi connectivity index (χ3n) is 6.24. The number of aryl methyl sites for hydroxylation is 2. The molecule has 0 fully saturated rings. The Labute approximate surface area is 202 Å². The molecule has 3 rings (SSSR count). The molecule has 0 saturated heterocycles. The normalized spacial score (nSPS) is 14.3. The number of benzene rings is 3. The summed E-state index contributed by atoms with van der Waals surface area (Å²) < 4.78 is 0. The first-order valence-electron chi connectivity index (χ1n) is 11.9. The Morgan fingerprint density at radius 2 is 1.64 bits per heavy atom. The van der Waals surface area contributed by atoms with E-state index >= 15 is 0 Å². The molecule has 1 N–H and O–H groups in total. The van der Waals surface area contributed by atoms with Crippen LogP contribution in [0.25, 0.3) is 0 Å². The summed E-state index contributed by atoms with van der Waals surface area (Å²) in [5.41, 5.74) is 6.66. The van der Waals surface area contributed by atoms with Gasteiger partial charge in [0.2, 0.25) is 0 Å². The Bertz CT molecular complexity index is 1130. The molecule has 0 aliphatic heterocycles. The van der Waals surface area contributed by atoms with Crippen LogP contribution in [-0.4, -0.2) is 11.3 Å². The van der Waals surface area contributed by atoms with Crippen molar-refractivity contribution in [3.63, 3.8) is 0 Å². The van der Waals surface area contributed by atoms with E-state index in [1.54, 1.807) is 0 Å². The molecule has 3 heteroatoms. The number of aliphatic imine (C=N–C) groups is 1. The number of nitrogens with zero attached hydrogens (tertiary/aromatic N) is 1. The van der Waals surface area contributed by atoms with E-state index < -0.39 is 0 Å². The number of aromatic hydroxyl groups is 1. The maximum absolute atomic E-state index is 11.2. The number of para-hydroxylation sites is 1. The number of hydrogen-bond donors (Lipinski definition) is 1. The van der Waals surface area contributed by atoms with Crippen molar-refractivity contribution in [2.75, 3.05) is 0 Å². The Balaban J connectivity index is 2.08. The molecule has 0 radical (unpaired) electrons. The van der Waals surface area contributed by atoms with Gasteiger partial charge in [-0.2, -0.15) is 0 Å². The average Bonchev–Trinajstić information content (AvgIpc) is 2.75. The minimum Gasteiger partial charge on any atom is -0.507 e. The lowest BCUT2D eigenvalue weighted by molar-refractivity contribution is 0.447. The van der Waals surface area contributed by atoms with Gasteiger partial charge in [0.05, 0.1) is 5.69 Å². The summed E-state index contributed by atoms with van der Waals surface area (Å²) >= 11 is 0. The van der Waals surface area contributed by atoms with E-state index in [1.807, 2.05) is 43.5 Å². The minimum absolute atomic E-state index is 0.0286. The van der Waals surface area contributed by atoms with Crippen LogP contribution in [0.4, 0.5) is 5.69 Å². The third kappa shape index (κ3) is 6.12. The van der Waals surface area contributed by atoms with Crippen LogP contribution in [0.1, 0.15) is 75.3 Å². The van der Waals surface area contributed by atoms with Crippen LogP contribution in [0.2, 0.25) is 0 Å². The molecule has 2 atom stereocenters. The largest absolute Gasteiger partial charge is 0.507 e. The summed E-state index contributed by atoms with van der Waals surface area (Å²) in [5.74, 6) is 0.443. The summed E-state index contributed by atoms with van der Waals surface area (Å²) in [6.07, 6.45) is 4.06. The number of hydrogen-bond acceptors (Lipinski definition) is 2. The van der Waals surface area contributed by atoms with Crippen molar-refractivity contribution >= 4 is 25.8 Å². The summed E-state index contributed by atoms with van der Waals surface area (Å²) in [5, 5.41) is 12.3. The fourth-order valence-electron chi connectivity index (χ4n) is 4.26. The van der Waals surface area contributed by atoms with Crippen molar-refractivity contribution < 1.29 is 5.11 Å². The first kappa shape index (κ1) is 25.2. The number of phenols is 1. The molecule has 0 aliphatic carbocycles. The lowest BCUT2D eigenvalue weighted by atomic mass is 9.82. The second-order valence-corrected chi connectivity index (χ2v) is 12.2. The zero-order valence-electron chi connectivity index (χ0n) is 21.2. The highest BCUT2D eigenvalue weighted by molar-refractivity contribution is 7.48. The van der Waals surface area contributed by atoms with E-state index in [-0.39, 0.29) is 10.6 Å². The molecule has 174 valence electrons. The Morgan fingerprint density at radius 3 is 2.27 bits per heavy atom. The van der Waals surface area contributed by atoms with Crippen molar-refractivity contribution in [2.45, 2.75) is 71.9 Å². The molecule has 0 aromatic heterocycles. The van der Waals surface area contributed by atoms with Gasteiger partial charge in [-0.25, -0.2) is 0 Å². The zero-order valence-corrected chi connectivity index (χ0v) is 22.2. The van der Waals surface area contributed by atoms with Gasteiger partial charge in [-0.15, -0.1) is 0 Å². The summed E-state index contributed by atoms with van der Waals surface area (Å²) in [4.78, 5) is 4.74. The van der Waals surface area contributed by atoms with E-state index in [4.69, 9.17) is 4.99 Å². The second-order valence-electron chi connectivity index (χ2n) is 10.3. The van der Waals surface area contributed by atoms with Gasteiger partial charge in [0.1, 0.15) is 5.75 Å². The molecule has 0 aliphatic rings. The van der Waals surface area contributed by atoms with Crippen molar-refractivity contribution in [3.8, 4) is 5.75 Å². The van der Waals surface area contributed by atoms with Crippen molar-refractivity contribution in [3.05, 3.63) is 88.5 Å². The first-order chi connectivity index (χ1) is 15.5. The van der Waals surface area contributed by atoms with Gasteiger partial charge in [-0.3, -0.25) is 4.99 Å². The molecule has 2 nitrogen and oxygen atoms in total. The SMILES string of the molecule is CCCC(C)(Pc1ccc(C)cc1C=Nc1ccccc1)c1cc(C(C)(C)C)cc(C)c1O. The summed E-state index contributed by atoms with van der Waals surface area (Å²) in [7, 11) is 0.517. The Kier molecular flexibility index (Phi) is 7.80. The van der Waals surface area contributed by atoms with Crippen LogP contribution in [0.3, 0.4) is 0 Å². The molecule has 0 saturated carbocycles. The van der Waals surface area contributed by atoms with Gasteiger partial charge < -0.3 is 5.11 Å². The van der Waals surface area contributed by atoms with E-state index in [0.717, 1.165) is 35.2 Å². The molecule has 2 unspecified atom stereocenters. The van der Waals surface area contributed by atoms with Crippen molar-refractivity contribution in [2.24, 2.45) is 4.99 Å². The van der Waals surface area contributed by atoms with Gasteiger partial charge in [0.15, 0.2) is 0 Å². The highest BCUT2D eigenvalue weighted by Gasteiger charge is 2.32. The highest BCUT2D eigenvalue weighted by Crippen LogP contribution is 2.50. The Hall–Kier alpha value is -2.44. The Morgan fingerprint density at radius 1 is 0.939 bits per heavy atom. The van der Waals surface area contributed by atoms with Crippen molar-refractivity contribution in [1.82, 2.24) is 0 Å². The van der Waals surface area contributed by atoms with Crippen LogP contribution in [0, 0.1) is 13.8 Å². The zero-order chi connectivity index (χ0) is 24.2. The van der Waals surface area contributed by atoms with Crippen molar-refractivity contribution in [1.29, 1.82) is 0 Å². The van der Waals surface area contributed by atoms with Crippen LogP contribution in [-0.2, 0) is 10.6 Å². The molecular weight excluding hydrogens is 421 g/mol.